The lowest BCUT2D eigenvalue weighted by molar-refractivity contribution is -0.129. The first-order chi connectivity index (χ1) is 20.5. The maximum absolute atomic E-state index is 13.9. The predicted octanol–water partition coefficient (Wildman–Crippen LogP) is 3.66. The highest BCUT2D eigenvalue weighted by atomic mass is 32.2. The molecule has 0 unspecified atom stereocenters. The molecule has 1 amide bonds. The first-order valence-electron chi connectivity index (χ1n) is 15.2. The quantitative estimate of drug-likeness (QED) is 0.185. The number of piperazine rings is 1. The second-order valence-corrected chi connectivity index (χ2v) is 12.3. The molecule has 10 heteroatoms. The molecule has 1 aliphatic carbocycles. The number of aromatic nitrogens is 1. The number of methoxy groups -OCH3 is 1. The third kappa shape index (κ3) is 6.83. The maximum atomic E-state index is 13.9. The largest absolute Gasteiger partial charge is 0.383 e. The van der Waals surface area contributed by atoms with Crippen molar-refractivity contribution in [2.75, 3.05) is 89.5 Å². The summed E-state index contributed by atoms with van der Waals surface area (Å²) in [7, 11) is 3.87. The molecule has 0 bridgehead atoms. The fourth-order valence-electron chi connectivity index (χ4n) is 5.85. The van der Waals surface area contributed by atoms with Gasteiger partial charge in [-0.05, 0) is 56.6 Å². The predicted molar refractivity (Wildman–Crippen MR) is 171 cm³/mol. The van der Waals surface area contributed by atoms with Gasteiger partial charge in [-0.3, -0.25) is 19.4 Å². The molecule has 42 heavy (non-hydrogen) atoms. The standard InChI is InChI=1S/C32H44N6O3S/c1-4-9-25-12-13-29(36-15-8-14-34(2)16-19-36)33-30(25)38-27-10-6-5-7-11-28(27)42-32(38)26(24-39)31(40)37-20-17-35(18-21-37)22-23-41-3/h6-7,10-13,24H,4-5,8-9,14-23H2,1-3H3/b32-26-. The Morgan fingerprint density at radius 2 is 1.86 bits per heavy atom. The van der Waals surface area contributed by atoms with Crippen LogP contribution in [-0.2, 0) is 20.7 Å². The van der Waals surface area contributed by atoms with Gasteiger partial charge in [0.1, 0.15) is 22.2 Å². The summed E-state index contributed by atoms with van der Waals surface area (Å²) in [6.07, 6.45) is 13.0. The fourth-order valence-corrected chi connectivity index (χ4v) is 7.01. The Bertz CT molecular complexity index is 1270. The number of hydrogen-bond donors (Lipinski definition) is 0. The number of amides is 1. The molecule has 0 aromatic carbocycles. The van der Waals surface area contributed by atoms with Crippen molar-refractivity contribution in [3.8, 4) is 0 Å². The van der Waals surface area contributed by atoms with Crippen molar-refractivity contribution in [1.82, 2.24) is 19.7 Å². The van der Waals surface area contributed by atoms with E-state index in [-0.39, 0.29) is 11.5 Å². The molecule has 4 heterocycles. The summed E-state index contributed by atoms with van der Waals surface area (Å²) < 4.78 is 5.23. The molecule has 0 saturated carbocycles. The summed E-state index contributed by atoms with van der Waals surface area (Å²) in [6.45, 7) is 10.3. The number of likely N-dealkylation sites (N-methyl/N-ethyl adjacent to an activating group) is 1. The van der Waals surface area contributed by atoms with Crippen molar-refractivity contribution in [2.24, 2.45) is 0 Å². The van der Waals surface area contributed by atoms with E-state index in [9.17, 15) is 9.59 Å². The number of pyridine rings is 1. The normalized spacial score (nSPS) is 21.5. The summed E-state index contributed by atoms with van der Waals surface area (Å²) in [5, 5.41) is 0.649. The first kappa shape index (κ1) is 30.5. The maximum Gasteiger partial charge on any atom is 0.259 e. The van der Waals surface area contributed by atoms with Crippen molar-refractivity contribution in [3.63, 3.8) is 0 Å². The van der Waals surface area contributed by atoms with Crippen LogP contribution in [0, 0.1) is 0 Å². The zero-order valence-corrected chi connectivity index (χ0v) is 26.1. The van der Waals surface area contributed by atoms with E-state index in [0.717, 1.165) is 106 Å². The third-order valence-electron chi connectivity index (χ3n) is 8.29. The van der Waals surface area contributed by atoms with Gasteiger partial charge in [0.15, 0.2) is 6.29 Å². The van der Waals surface area contributed by atoms with Gasteiger partial charge < -0.3 is 19.4 Å². The molecule has 4 aliphatic rings. The van der Waals surface area contributed by atoms with Crippen LogP contribution in [0.4, 0.5) is 11.6 Å². The number of nitrogens with zero attached hydrogens (tertiary/aromatic N) is 6. The molecule has 0 spiro atoms. The van der Waals surface area contributed by atoms with Gasteiger partial charge in [-0.25, -0.2) is 4.98 Å². The molecule has 3 aliphatic heterocycles. The average Bonchev–Trinajstić information content (AvgIpc) is 3.14. The SMILES string of the molecule is CCCc1ccc(N2CCCN(C)CC2)nc1N1C2=C(C=CCC=C2)S/C1=C(/C=O)C(=O)N1CCN(CCOC)CC1. The molecule has 2 fully saturated rings. The molecule has 226 valence electrons. The van der Waals surface area contributed by atoms with E-state index in [4.69, 9.17) is 9.72 Å². The minimum Gasteiger partial charge on any atom is -0.383 e. The number of aryl methyl sites for hydroxylation is 1. The number of carbonyl (C=O) groups excluding carboxylic acids is 2. The number of aldehydes is 1. The molecule has 2 saturated heterocycles. The monoisotopic (exact) mass is 592 g/mol. The summed E-state index contributed by atoms with van der Waals surface area (Å²) in [5.41, 5.74) is 2.29. The van der Waals surface area contributed by atoms with Crippen LogP contribution in [0.3, 0.4) is 0 Å². The number of rotatable bonds is 9. The smallest absolute Gasteiger partial charge is 0.259 e. The van der Waals surface area contributed by atoms with E-state index >= 15 is 0 Å². The van der Waals surface area contributed by atoms with E-state index in [1.807, 2.05) is 4.90 Å². The number of allylic oxidation sites excluding steroid dienone is 4. The second kappa shape index (κ2) is 14.5. The van der Waals surface area contributed by atoms with Crippen LogP contribution in [0.25, 0.3) is 0 Å². The van der Waals surface area contributed by atoms with Crippen molar-refractivity contribution >= 4 is 35.6 Å². The third-order valence-corrected chi connectivity index (χ3v) is 9.45. The van der Waals surface area contributed by atoms with E-state index in [1.54, 1.807) is 7.11 Å². The van der Waals surface area contributed by atoms with Gasteiger partial charge in [-0.1, -0.05) is 43.3 Å². The molecule has 1 aromatic rings. The Balaban J connectivity index is 1.54. The van der Waals surface area contributed by atoms with E-state index in [1.165, 1.54) is 11.8 Å². The molecule has 9 nitrogen and oxygen atoms in total. The topological polar surface area (TPSA) is 72.5 Å². The summed E-state index contributed by atoms with van der Waals surface area (Å²) in [6, 6.07) is 4.33. The minimum absolute atomic E-state index is 0.200. The highest BCUT2D eigenvalue weighted by Crippen LogP contribution is 2.48. The molecule has 1 aromatic heterocycles. The number of ether oxygens (including phenoxy) is 1. The van der Waals surface area contributed by atoms with Crippen molar-refractivity contribution in [1.29, 1.82) is 0 Å². The van der Waals surface area contributed by atoms with E-state index < -0.39 is 0 Å². The van der Waals surface area contributed by atoms with Crippen molar-refractivity contribution in [3.05, 3.63) is 63.2 Å². The summed E-state index contributed by atoms with van der Waals surface area (Å²) in [4.78, 5) is 44.0. The molecular formula is C32H44N6O3S. The lowest BCUT2D eigenvalue weighted by Gasteiger charge is -2.35. The van der Waals surface area contributed by atoms with Crippen LogP contribution in [0.15, 0.2) is 57.6 Å². The highest BCUT2D eigenvalue weighted by molar-refractivity contribution is 8.07. The van der Waals surface area contributed by atoms with Crippen LogP contribution in [0.1, 0.15) is 31.7 Å². The van der Waals surface area contributed by atoms with Crippen LogP contribution in [0.2, 0.25) is 0 Å². The Kier molecular flexibility index (Phi) is 10.5. The van der Waals surface area contributed by atoms with Gasteiger partial charge in [0.2, 0.25) is 0 Å². The van der Waals surface area contributed by atoms with Gasteiger partial charge in [-0.15, -0.1) is 0 Å². The van der Waals surface area contributed by atoms with Crippen LogP contribution < -0.4 is 9.80 Å². The van der Waals surface area contributed by atoms with Gasteiger partial charge in [0, 0.05) is 64.4 Å². The van der Waals surface area contributed by atoms with E-state index in [0.29, 0.717) is 24.7 Å². The van der Waals surface area contributed by atoms with Crippen molar-refractivity contribution < 1.29 is 14.3 Å². The van der Waals surface area contributed by atoms with E-state index in [2.05, 4.69) is 70.0 Å². The lowest BCUT2D eigenvalue weighted by Crippen LogP contribution is -2.50. The molecule has 0 N–H and O–H groups in total. The summed E-state index contributed by atoms with van der Waals surface area (Å²) >= 11 is 1.50. The highest BCUT2D eigenvalue weighted by Gasteiger charge is 2.36. The second-order valence-electron chi connectivity index (χ2n) is 11.2. The minimum atomic E-state index is -0.210. The molecule has 0 radical (unpaired) electrons. The fraction of sp³-hybridized carbons (Fsp3) is 0.531. The average molecular weight is 593 g/mol. The zero-order chi connectivity index (χ0) is 29.5. The number of thioether (sulfide) groups is 1. The van der Waals surface area contributed by atoms with Crippen LogP contribution >= 0.6 is 11.8 Å². The summed E-state index contributed by atoms with van der Waals surface area (Å²) in [5.74, 6) is 1.55. The molecule has 5 rings (SSSR count). The van der Waals surface area contributed by atoms with Gasteiger partial charge in [0.25, 0.3) is 5.91 Å². The van der Waals surface area contributed by atoms with Crippen molar-refractivity contribution in [2.45, 2.75) is 32.6 Å². The first-order valence-corrected chi connectivity index (χ1v) is 16.0. The lowest BCUT2D eigenvalue weighted by atomic mass is 10.1. The Labute approximate surface area is 254 Å². The number of hydrogen-bond acceptors (Lipinski definition) is 9. The molecular weight excluding hydrogens is 548 g/mol. The number of anilines is 2. The molecule has 0 atom stereocenters. The van der Waals surface area contributed by atoms with Gasteiger partial charge >= 0.3 is 0 Å². The Morgan fingerprint density at radius 3 is 2.62 bits per heavy atom. The van der Waals surface area contributed by atoms with Gasteiger partial charge in [-0.2, -0.15) is 0 Å². The van der Waals surface area contributed by atoms with Crippen LogP contribution in [0.5, 0.6) is 0 Å². The number of carbonyl (C=O) groups is 2. The Hall–Kier alpha value is -2.92. The Morgan fingerprint density at radius 1 is 1.05 bits per heavy atom. The van der Waals surface area contributed by atoms with Gasteiger partial charge in [0.05, 0.1) is 12.3 Å². The van der Waals surface area contributed by atoms with Crippen LogP contribution in [-0.4, -0.2) is 112 Å². The zero-order valence-electron chi connectivity index (χ0n) is 25.3.